The lowest BCUT2D eigenvalue weighted by atomic mass is 10.1. The summed E-state index contributed by atoms with van der Waals surface area (Å²) < 4.78 is 0. The lowest BCUT2D eigenvalue weighted by Crippen LogP contribution is -1.76. The third-order valence-electron chi connectivity index (χ3n) is 1.61. The van der Waals surface area contributed by atoms with Crippen LogP contribution in [0.25, 0.3) is 0 Å². The van der Waals surface area contributed by atoms with E-state index in [1.165, 1.54) is 32.1 Å². The molecule has 0 aromatic rings. The molecule has 0 unspecified atom stereocenters. The summed E-state index contributed by atoms with van der Waals surface area (Å²) in [5.74, 6) is 0. The maximum absolute atomic E-state index is 3.60. The molecule has 0 aromatic heterocycles. The summed E-state index contributed by atoms with van der Waals surface area (Å²) in [5.41, 5.74) is 0. The number of hydrogen-bond donors (Lipinski definition) is 0. The molecule has 0 rings (SSSR count). The fourth-order valence-corrected chi connectivity index (χ4v) is 0.942. The Hall–Kier alpha value is -0.520. The first kappa shape index (κ1) is 10.5. The number of allylic oxidation sites excluding steroid dienone is 3. The highest BCUT2D eigenvalue weighted by Gasteiger charge is 1.85. The smallest absolute Gasteiger partial charge is 0.0167 e. The van der Waals surface area contributed by atoms with Gasteiger partial charge in [0.2, 0.25) is 0 Å². The summed E-state index contributed by atoms with van der Waals surface area (Å²) in [6, 6.07) is 0. The third-order valence-corrected chi connectivity index (χ3v) is 1.61. The van der Waals surface area contributed by atoms with E-state index in [0.29, 0.717) is 0 Å². The van der Waals surface area contributed by atoms with Crippen molar-refractivity contribution in [3.05, 3.63) is 31.2 Å². The molecular weight excluding hydrogens is 132 g/mol. The van der Waals surface area contributed by atoms with Crippen LogP contribution in [-0.4, -0.2) is 0 Å². The van der Waals surface area contributed by atoms with Gasteiger partial charge in [-0.1, -0.05) is 57.4 Å². The molecule has 0 fully saturated rings. The van der Waals surface area contributed by atoms with Gasteiger partial charge in [-0.2, -0.15) is 0 Å². The predicted molar refractivity (Wildman–Crippen MR) is 52.4 cm³/mol. The lowest BCUT2D eigenvalue weighted by molar-refractivity contribution is 0.666. The Balaban J connectivity index is 2.90. The molecule has 0 aliphatic rings. The average Bonchev–Trinajstić information content (AvgIpc) is 2.03. The van der Waals surface area contributed by atoms with Gasteiger partial charge in [-0.3, -0.25) is 0 Å². The van der Waals surface area contributed by atoms with Crippen LogP contribution in [0.4, 0.5) is 0 Å². The maximum atomic E-state index is 3.60. The van der Waals surface area contributed by atoms with E-state index in [1.807, 2.05) is 12.2 Å². The summed E-state index contributed by atoms with van der Waals surface area (Å²) in [6.45, 7) is 5.84. The first-order valence-electron chi connectivity index (χ1n) is 4.52. The monoisotopic (exact) mass is 151 g/mol. The van der Waals surface area contributed by atoms with Gasteiger partial charge in [-0.05, 0) is 12.8 Å². The van der Waals surface area contributed by atoms with Crippen molar-refractivity contribution in [1.29, 1.82) is 0 Å². The van der Waals surface area contributed by atoms with Gasteiger partial charge in [0.25, 0.3) is 0 Å². The highest BCUT2D eigenvalue weighted by molar-refractivity contribution is 5.03. The van der Waals surface area contributed by atoms with Gasteiger partial charge < -0.3 is 0 Å². The first-order valence-corrected chi connectivity index (χ1v) is 4.52. The van der Waals surface area contributed by atoms with E-state index in [1.54, 1.807) is 0 Å². The molecule has 0 heteroatoms. The number of hydrogen-bond acceptors (Lipinski definition) is 0. The van der Waals surface area contributed by atoms with E-state index >= 15 is 0 Å². The van der Waals surface area contributed by atoms with E-state index in [4.69, 9.17) is 0 Å². The molecule has 63 valence electrons. The van der Waals surface area contributed by atoms with Crippen molar-refractivity contribution in [2.75, 3.05) is 0 Å². The minimum Gasteiger partial charge on any atom is -0.0991 e. The fourth-order valence-electron chi connectivity index (χ4n) is 0.942. The predicted octanol–water partition coefficient (Wildman–Crippen LogP) is 3.90. The molecular formula is C11H19. The standard InChI is InChI=1S/C11H19/c1-3-5-7-9-11-10-8-6-4-2/h3,5,7,9H,1,4,6,8,10-11H2,2H3. The molecule has 0 amide bonds. The normalized spacial score (nSPS) is 10.6. The van der Waals surface area contributed by atoms with Crippen LogP contribution < -0.4 is 0 Å². The highest BCUT2D eigenvalue weighted by atomic mass is 13.9. The zero-order valence-electron chi connectivity index (χ0n) is 7.55. The molecule has 0 aliphatic carbocycles. The quantitative estimate of drug-likeness (QED) is 0.382. The van der Waals surface area contributed by atoms with Crippen LogP contribution in [0, 0.1) is 6.42 Å². The van der Waals surface area contributed by atoms with Gasteiger partial charge in [0.05, 0.1) is 0 Å². The Labute approximate surface area is 71.0 Å². The molecule has 0 saturated carbocycles. The van der Waals surface area contributed by atoms with Gasteiger partial charge in [0.1, 0.15) is 0 Å². The van der Waals surface area contributed by atoms with Crippen molar-refractivity contribution < 1.29 is 0 Å². The van der Waals surface area contributed by atoms with Gasteiger partial charge >= 0.3 is 0 Å². The minimum absolute atomic E-state index is 1.21. The largest absolute Gasteiger partial charge is 0.0991 e. The minimum atomic E-state index is 1.21. The van der Waals surface area contributed by atoms with Crippen LogP contribution in [0.1, 0.15) is 39.0 Å². The molecule has 0 aliphatic heterocycles. The van der Waals surface area contributed by atoms with Crippen LogP contribution in [0.2, 0.25) is 0 Å². The first-order chi connectivity index (χ1) is 5.41. The Morgan fingerprint density at radius 1 is 1.09 bits per heavy atom. The van der Waals surface area contributed by atoms with Crippen LogP contribution in [0.5, 0.6) is 0 Å². The van der Waals surface area contributed by atoms with Gasteiger partial charge in [0.15, 0.2) is 0 Å². The maximum Gasteiger partial charge on any atom is -0.0167 e. The van der Waals surface area contributed by atoms with Crippen molar-refractivity contribution in [3.63, 3.8) is 0 Å². The van der Waals surface area contributed by atoms with E-state index in [0.717, 1.165) is 0 Å². The molecule has 11 heavy (non-hydrogen) atoms. The van der Waals surface area contributed by atoms with Crippen LogP contribution in [0.3, 0.4) is 0 Å². The molecule has 0 heterocycles. The van der Waals surface area contributed by atoms with Crippen LogP contribution in [0.15, 0.2) is 24.8 Å². The summed E-state index contributed by atoms with van der Waals surface area (Å²) >= 11 is 0. The van der Waals surface area contributed by atoms with Gasteiger partial charge in [-0.15, -0.1) is 0 Å². The SMILES string of the molecule is C=CC=C[CH]CCCCCC. The van der Waals surface area contributed by atoms with E-state index in [9.17, 15) is 0 Å². The van der Waals surface area contributed by atoms with E-state index in [2.05, 4.69) is 26.0 Å². The molecule has 0 atom stereocenters. The topological polar surface area (TPSA) is 0 Å². The molecule has 0 spiro atoms. The van der Waals surface area contributed by atoms with Crippen molar-refractivity contribution in [2.45, 2.75) is 39.0 Å². The van der Waals surface area contributed by atoms with E-state index in [-0.39, 0.29) is 0 Å². The molecule has 1 radical (unpaired) electrons. The van der Waals surface area contributed by atoms with E-state index < -0.39 is 0 Å². The fraction of sp³-hybridized carbons (Fsp3) is 0.545. The molecule has 0 N–H and O–H groups in total. The van der Waals surface area contributed by atoms with Crippen molar-refractivity contribution in [3.8, 4) is 0 Å². The summed E-state index contributed by atoms with van der Waals surface area (Å²) in [4.78, 5) is 0. The second-order valence-electron chi connectivity index (χ2n) is 2.71. The average molecular weight is 151 g/mol. The van der Waals surface area contributed by atoms with Crippen molar-refractivity contribution in [1.82, 2.24) is 0 Å². The van der Waals surface area contributed by atoms with Crippen molar-refractivity contribution in [2.24, 2.45) is 0 Å². The Morgan fingerprint density at radius 2 is 1.91 bits per heavy atom. The number of unbranched alkanes of at least 4 members (excludes halogenated alkanes) is 5. The lowest BCUT2D eigenvalue weighted by Gasteiger charge is -1.94. The second kappa shape index (κ2) is 9.48. The zero-order valence-corrected chi connectivity index (χ0v) is 7.55. The zero-order chi connectivity index (χ0) is 8.36. The summed E-state index contributed by atoms with van der Waals surface area (Å²) in [5, 5.41) is 0. The molecule has 0 saturated heterocycles. The summed E-state index contributed by atoms with van der Waals surface area (Å²) in [6.07, 6.45) is 14.7. The van der Waals surface area contributed by atoms with Gasteiger partial charge in [-0.25, -0.2) is 0 Å². The molecule has 0 nitrogen and oxygen atoms in total. The van der Waals surface area contributed by atoms with Crippen LogP contribution in [-0.2, 0) is 0 Å². The number of rotatable bonds is 7. The summed E-state index contributed by atoms with van der Waals surface area (Å²) in [7, 11) is 0. The van der Waals surface area contributed by atoms with Crippen molar-refractivity contribution >= 4 is 0 Å². The Morgan fingerprint density at radius 3 is 2.55 bits per heavy atom. The van der Waals surface area contributed by atoms with Gasteiger partial charge in [0, 0.05) is 0 Å². The Kier molecular flexibility index (Phi) is 9.03. The molecule has 0 aromatic carbocycles. The second-order valence-corrected chi connectivity index (χ2v) is 2.71. The molecule has 0 bridgehead atoms. The third kappa shape index (κ3) is 9.48. The highest BCUT2D eigenvalue weighted by Crippen LogP contribution is 2.04. The Bertz CT molecular complexity index is 101. The van der Waals surface area contributed by atoms with Crippen LogP contribution >= 0.6 is 0 Å².